The SMILES string of the molecule is COc1ccccc1CCN(CC(O)CC(F)(F)F)C(=O)[C@H]1CCC2=Cc3c(cnn3-c3ccc(F)cc3)C[C@@]21C. The number of nitrogens with zero attached hydrogens (tertiary/aromatic N) is 3. The number of rotatable bonds is 9. The Hall–Kier alpha value is -3.66. The molecule has 0 radical (unpaired) electrons. The van der Waals surface area contributed by atoms with E-state index in [0.717, 1.165) is 28.1 Å². The van der Waals surface area contributed by atoms with Crippen LogP contribution in [0, 0.1) is 17.2 Å². The summed E-state index contributed by atoms with van der Waals surface area (Å²) in [5, 5.41) is 14.8. The van der Waals surface area contributed by atoms with Gasteiger partial charge in [0.2, 0.25) is 5.91 Å². The Morgan fingerprint density at radius 1 is 1.22 bits per heavy atom. The number of carbonyl (C=O) groups excluding carboxylic acids is 1. The van der Waals surface area contributed by atoms with Gasteiger partial charge in [0.25, 0.3) is 0 Å². The van der Waals surface area contributed by atoms with Crippen LogP contribution in [0.15, 0.2) is 60.3 Å². The number of aliphatic hydroxyl groups is 1. The minimum atomic E-state index is -4.55. The van der Waals surface area contributed by atoms with Gasteiger partial charge in [0, 0.05) is 24.4 Å². The van der Waals surface area contributed by atoms with Crippen molar-refractivity contribution in [3.05, 3.63) is 82.9 Å². The third-order valence-corrected chi connectivity index (χ3v) is 8.38. The van der Waals surface area contributed by atoms with Gasteiger partial charge in [-0.15, -0.1) is 0 Å². The molecule has 41 heavy (non-hydrogen) atoms. The molecule has 10 heteroatoms. The van der Waals surface area contributed by atoms with E-state index in [1.807, 2.05) is 31.2 Å². The zero-order valence-corrected chi connectivity index (χ0v) is 23.0. The van der Waals surface area contributed by atoms with Gasteiger partial charge in [0.15, 0.2) is 0 Å². The molecule has 1 N–H and O–H groups in total. The van der Waals surface area contributed by atoms with E-state index in [4.69, 9.17) is 4.74 Å². The monoisotopic (exact) mass is 571 g/mol. The molecule has 6 nitrogen and oxygen atoms in total. The lowest BCUT2D eigenvalue weighted by molar-refractivity contribution is -0.159. The van der Waals surface area contributed by atoms with Gasteiger partial charge < -0.3 is 14.7 Å². The van der Waals surface area contributed by atoms with Crippen LogP contribution in [0.4, 0.5) is 17.6 Å². The van der Waals surface area contributed by atoms with Gasteiger partial charge in [-0.1, -0.05) is 30.7 Å². The lowest BCUT2D eigenvalue weighted by Crippen LogP contribution is -2.46. The summed E-state index contributed by atoms with van der Waals surface area (Å²) in [4.78, 5) is 15.5. The number of para-hydroxylation sites is 1. The maximum atomic E-state index is 14.1. The molecule has 1 fully saturated rings. The lowest BCUT2D eigenvalue weighted by atomic mass is 9.69. The van der Waals surface area contributed by atoms with E-state index in [2.05, 4.69) is 5.10 Å². The van der Waals surface area contributed by atoms with Crippen LogP contribution < -0.4 is 4.74 Å². The number of amides is 1. The number of aromatic nitrogens is 2. The summed E-state index contributed by atoms with van der Waals surface area (Å²) in [6, 6.07) is 13.4. The normalized spacial score (nSPS) is 20.7. The molecule has 1 heterocycles. The summed E-state index contributed by atoms with van der Waals surface area (Å²) >= 11 is 0. The van der Waals surface area contributed by atoms with Gasteiger partial charge in [-0.05, 0) is 73.2 Å². The highest BCUT2D eigenvalue weighted by Crippen LogP contribution is 2.53. The molecule has 1 saturated carbocycles. The quantitative estimate of drug-likeness (QED) is 0.332. The van der Waals surface area contributed by atoms with Crippen LogP contribution in [0.25, 0.3) is 11.8 Å². The summed E-state index contributed by atoms with van der Waals surface area (Å²) in [7, 11) is 1.54. The molecule has 218 valence electrons. The summed E-state index contributed by atoms with van der Waals surface area (Å²) in [6.45, 7) is 1.76. The molecule has 2 aliphatic carbocycles. The van der Waals surface area contributed by atoms with Crippen LogP contribution in [0.5, 0.6) is 5.75 Å². The second-order valence-electron chi connectivity index (χ2n) is 11.1. The van der Waals surface area contributed by atoms with Crippen molar-refractivity contribution in [3.63, 3.8) is 0 Å². The first-order valence-electron chi connectivity index (χ1n) is 13.7. The van der Waals surface area contributed by atoms with Crippen molar-refractivity contribution >= 4 is 12.0 Å². The van der Waals surface area contributed by atoms with Gasteiger partial charge in [0.05, 0.1) is 37.2 Å². The molecule has 2 aromatic carbocycles. The number of fused-ring (bicyclic) bond motifs is 2. The van der Waals surface area contributed by atoms with Crippen molar-refractivity contribution in [2.75, 3.05) is 20.2 Å². The number of aliphatic hydroxyl groups excluding tert-OH is 1. The van der Waals surface area contributed by atoms with Crippen molar-refractivity contribution in [1.82, 2.24) is 14.7 Å². The van der Waals surface area contributed by atoms with Crippen LogP contribution in [0.2, 0.25) is 0 Å². The highest BCUT2D eigenvalue weighted by Gasteiger charge is 2.50. The first kappa shape index (κ1) is 28.9. The Morgan fingerprint density at radius 3 is 2.66 bits per heavy atom. The van der Waals surface area contributed by atoms with Crippen molar-refractivity contribution in [1.29, 1.82) is 0 Å². The van der Waals surface area contributed by atoms with E-state index >= 15 is 0 Å². The van der Waals surface area contributed by atoms with Crippen LogP contribution >= 0.6 is 0 Å². The number of hydrogen-bond donors (Lipinski definition) is 1. The molecular weight excluding hydrogens is 538 g/mol. The first-order valence-corrected chi connectivity index (χ1v) is 13.7. The van der Waals surface area contributed by atoms with E-state index in [1.165, 1.54) is 24.1 Å². The molecule has 0 saturated heterocycles. The number of allylic oxidation sites excluding steroid dienone is 1. The van der Waals surface area contributed by atoms with Crippen LogP contribution in [0.3, 0.4) is 0 Å². The number of benzene rings is 2. The van der Waals surface area contributed by atoms with Gasteiger partial charge in [-0.2, -0.15) is 18.3 Å². The highest BCUT2D eigenvalue weighted by molar-refractivity contribution is 5.82. The molecule has 2 aliphatic rings. The molecule has 1 amide bonds. The average Bonchev–Trinajstić information content (AvgIpc) is 3.48. The maximum absolute atomic E-state index is 14.1. The van der Waals surface area contributed by atoms with Crippen molar-refractivity contribution in [2.45, 2.75) is 51.3 Å². The zero-order chi connectivity index (χ0) is 29.4. The Bertz CT molecular complexity index is 1430. The van der Waals surface area contributed by atoms with Crippen molar-refractivity contribution in [3.8, 4) is 11.4 Å². The Kier molecular flexibility index (Phi) is 7.96. The standard InChI is InChI=1S/C31H33F4N3O3/c1-30-16-21-18-36-38(24-10-8-23(32)9-11-24)27(21)15-22(30)7-12-26(30)29(40)37(19-25(39)17-31(33,34)35)14-13-20-5-3-4-6-28(20)41-2/h3-6,8-11,15,18,25-26,39H,7,12-14,16-17,19H2,1-2H3/t25?,26-,30+/m1/s1. The Balaban J connectivity index is 1.39. The fraction of sp³-hybridized carbons (Fsp3) is 0.419. The van der Waals surface area contributed by atoms with Crippen molar-refractivity contribution < 1.29 is 32.2 Å². The number of carbonyl (C=O) groups is 1. The Labute approximate surface area is 236 Å². The molecular formula is C31H33F4N3O3. The summed E-state index contributed by atoms with van der Waals surface area (Å²) in [5.41, 5.74) is 3.90. The lowest BCUT2D eigenvalue weighted by Gasteiger charge is -2.38. The second-order valence-corrected chi connectivity index (χ2v) is 11.1. The van der Waals surface area contributed by atoms with Crippen LogP contribution in [-0.4, -0.2) is 58.2 Å². The third kappa shape index (κ3) is 6.02. The summed E-state index contributed by atoms with van der Waals surface area (Å²) in [5.74, 6) is -0.437. The number of halogens is 4. The van der Waals surface area contributed by atoms with E-state index in [1.54, 1.807) is 29.1 Å². The van der Waals surface area contributed by atoms with Gasteiger partial charge in [-0.3, -0.25) is 4.79 Å². The van der Waals surface area contributed by atoms with Crippen molar-refractivity contribution in [2.24, 2.45) is 11.3 Å². The summed E-state index contributed by atoms with van der Waals surface area (Å²) < 4.78 is 59.8. The fourth-order valence-electron chi connectivity index (χ4n) is 6.29. The fourth-order valence-corrected chi connectivity index (χ4v) is 6.29. The molecule has 3 atom stereocenters. The van der Waals surface area contributed by atoms with E-state index in [-0.39, 0.29) is 18.3 Å². The van der Waals surface area contributed by atoms with Gasteiger partial charge in [-0.25, -0.2) is 9.07 Å². The van der Waals surface area contributed by atoms with E-state index < -0.39 is 36.6 Å². The third-order valence-electron chi connectivity index (χ3n) is 8.38. The molecule has 0 bridgehead atoms. The molecule has 5 rings (SSSR count). The van der Waals surface area contributed by atoms with Crippen LogP contribution in [0.1, 0.15) is 43.0 Å². The maximum Gasteiger partial charge on any atom is 0.391 e. The molecule has 0 aliphatic heterocycles. The Morgan fingerprint density at radius 2 is 1.95 bits per heavy atom. The largest absolute Gasteiger partial charge is 0.496 e. The molecule has 1 aromatic heterocycles. The number of hydrogen-bond acceptors (Lipinski definition) is 4. The molecule has 1 unspecified atom stereocenters. The minimum absolute atomic E-state index is 0.146. The van der Waals surface area contributed by atoms with E-state index in [0.29, 0.717) is 31.4 Å². The zero-order valence-electron chi connectivity index (χ0n) is 23.0. The minimum Gasteiger partial charge on any atom is -0.496 e. The second kappa shape index (κ2) is 11.3. The summed E-state index contributed by atoms with van der Waals surface area (Å²) in [6.07, 6.45) is -1.74. The smallest absolute Gasteiger partial charge is 0.391 e. The number of methoxy groups -OCH3 is 1. The predicted molar refractivity (Wildman–Crippen MR) is 146 cm³/mol. The van der Waals surface area contributed by atoms with Crippen LogP contribution in [-0.2, 0) is 17.6 Å². The first-order chi connectivity index (χ1) is 19.5. The number of ether oxygens (including phenoxy) is 1. The van der Waals surface area contributed by atoms with Gasteiger partial charge >= 0.3 is 6.18 Å². The predicted octanol–water partition coefficient (Wildman–Crippen LogP) is 5.76. The topological polar surface area (TPSA) is 67.6 Å². The molecule has 0 spiro atoms. The highest BCUT2D eigenvalue weighted by atomic mass is 19.4. The number of alkyl halides is 3. The van der Waals surface area contributed by atoms with Gasteiger partial charge in [0.1, 0.15) is 11.6 Å². The molecule has 3 aromatic rings. The average molecular weight is 572 g/mol. The van der Waals surface area contributed by atoms with E-state index in [9.17, 15) is 27.5 Å².